The molecule has 0 saturated carbocycles. The molecule has 5 nitrogen and oxygen atoms in total. The molecule has 0 aliphatic carbocycles. The van der Waals surface area contributed by atoms with Gasteiger partial charge in [0.05, 0.1) is 5.69 Å². The predicted octanol–water partition coefficient (Wildman–Crippen LogP) is 3.64. The van der Waals surface area contributed by atoms with Gasteiger partial charge in [-0.3, -0.25) is 19.8 Å². The van der Waals surface area contributed by atoms with Crippen molar-refractivity contribution in [3.05, 3.63) is 63.1 Å². The molecule has 126 valence electrons. The zero-order chi connectivity index (χ0) is 18.1. The first kappa shape index (κ1) is 17.6. The average molecular weight is 438 g/mol. The fourth-order valence-corrected chi connectivity index (χ4v) is 3.00. The number of nitrogens with one attached hydrogen (secondary N) is 1. The summed E-state index contributed by atoms with van der Waals surface area (Å²) < 4.78 is 0.843. The fourth-order valence-electron chi connectivity index (χ4n) is 2.28. The van der Waals surface area contributed by atoms with Crippen LogP contribution >= 0.6 is 39.7 Å². The van der Waals surface area contributed by atoms with Crippen molar-refractivity contribution in [1.82, 2.24) is 5.32 Å². The fraction of sp³-hybridized carbons (Fsp3) is 0. The van der Waals surface area contributed by atoms with E-state index in [2.05, 4.69) is 21.2 Å². The van der Waals surface area contributed by atoms with Crippen molar-refractivity contribution in [2.45, 2.75) is 0 Å². The summed E-state index contributed by atoms with van der Waals surface area (Å²) in [5.41, 5.74) is 0.614. The largest absolute Gasteiger partial charge is 0.507 e. The highest BCUT2D eigenvalue weighted by molar-refractivity contribution is 9.10. The summed E-state index contributed by atoms with van der Waals surface area (Å²) in [5.74, 6) is -1.32. The molecule has 25 heavy (non-hydrogen) atoms. The van der Waals surface area contributed by atoms with Gasteiger partial charge in [-0.1, -0.05) is 27.5 Å². The number of anilines is 1. The molecule has 3 rings (SSSR count). The van der Waals surface area contributed by atoms with Gasteiger partial charge in [-0.15, -0.1) is 0 Å². The normalized spacial score (nSPS) is 16.3. The Morgan fingerprint density at radius 2 is 1.84 bits per heavy atom. The minimum Gasteiger partial charge on any atom is -0.507 e. The molecule has 2 aromatic carbocycles. The Labute approximate surface area is 162 Å². The highest BCUT2D eigenvalue weighted by Crippen LogP contribution is 2.27. The van der Waals surface area contributed by atoms with Gasteiger partial charge < -0.3 is 5.11 Å². The molecule has 2 aromatic rings. The minimum absolute atomic E-state index is 0.00946. The van der Waals surface area contributed by atoms with Gasteiger partial charge in [-0.05, 0) is 60.8 Å². The summed E-state index contributed by atoms with van der Waals surface area (Å²) in [7, 11) is 0. The standard InChI is InChI=1S/C17H10BrClN2O3S/c18-10-1-4-12(5-2-10)21-16(24)13(15(23)20-17(21)25)8-9-7-11(19)3-6-14(9)22/h1-8,22H,(H,20,23,25)/b13-8-. The first-order valence-corrected chi connectivity index (χ1v) is 8.60. The van der Waals surface area contributed by atoms with Gasteiger partial charge in [-0.2, -0.15) is 0 Å². The summed E-state index contributed by atoms with van der Waals surface area (Å²) in [6.07, 6.45) is 1.28. The smallest absolute Gasteiger partial charge is 0.270 e. The van der Waals surface area contributed by atoms with E-state index in [1.165, 1.54) is 29.2 Å². The van der Waals surface area contributed by atoms with Gasteiger partial charge in [0.2, 0.25) is 0 Å². The molecule has 0 bridgehead atoms. The summed E-state index contributed by atoms with van der Waals surface area (Å²) in [5, 5.41) is 12.8. The lowest BCUT2D eigenvalue weighted by atomic mass is 10.1. The van der Waals surface area contributed by atoms with Crippen LogP contribution in [0.3, 0.4) is 0 Å². The molecule has 2 N–H and O–H groups in total. The quantitative estimate of drug-likeness (QED) is 0.428. The van der Waals surface area contributed by atoms with Crippen LogP contribution in [0.5, 0.6) is 5.75 Å². The number of hydrogen-bond donors (Lipinski definition) is 2. The molecule has 0 radical (unpaired) electrons. The van der Waals surface area contributed by atoms with Crippen molar-refractivity contribution < 1.29 is 14.7 Å². The number of amides is 2. The van der Waals surface area contributed by atoms with Crippen LogP contribution in [0.15, 0.2) is 52.5 Å². The molecular formula is C17H10BrClN2O3S. The number of halogens is 2. The van der Waals surface area contributed by atoms with Crippen LogP contribution in [-0.4, -0.2) is 22.0 Å². The second kappa shape index (κ2) is 6.95. The lowest BCUT2D eigenvalue weighted by Gasteiger charge is -2.29. The molecule has 0 aromatic heterocycles. The van der Waals surface area contributed by atoms with Crippen LogP contribution in [0.25, 0.3) is 6.08 Å². The van der Waals surface area contributed by atoms with Crippen LogP contribution in [0.2, 0.25) is 5.02 Å². The number of carbonyl (C=O) groups excluding carboxylic acids is 2. The van der Waals surface area contributed by atoms with Gasteiger partial charge in [0.15, 0.2) is 5.11 Å². The van der Waals surface area contributed by atoms with Crippen LogP contribution < -0.4 is 10.2 Å². The third-order valence-corrected chi connectivity index (χ3v) is 4.52. The summed E-state index contributed by atoms with van der Waals surface area (Å²) in [4.78, 5) is 26.2. The van der Waals surface area contributed by atoms with Gasteiger partial charge in [0, 0.05) is 15.1 Å². The molecule has 0 atom stereocenters. The number of rotatable bonds is 2. The molecule has 2 amide bonds. The van der Waals surface area contributed by atoms with Crippen molar-refractivity contribution in [1.29, 1.82) is 0 Å². The van der Waals surface area contributed by atoms with Crippen molar-refractivity contribution in [2.75, 3.05) is 4.90 Å². The maximum Gasteiger partial charge on any atom is 0.270 e. The van der Waals surface area contributed by atoms with Gasteiger partial charge >= 0.3 is 0 Å². The number of phenols is 1. The van der Waals surface area contributed by atoms with E-state index in [-0.39, 0.29) is 22.0 Å². The van der Waals surface area contributed by atoms with Crippen molar-refractivity contribution in [2.24, 2.45) is 0 Å². The number of hydrogen-bond acceptors (Lipinski definition) is 4. The Kier molecular flexibility index (Phi) is 4.89. The van der Waals surface area contributed by atoms with Crippen molar-refractivity contribution in [3.63, 3.8) is 0 Å². The number of aromatic hydroxyl groups is 1. The van der Waals surface area contributed by atoms with Crippen LogP contribution in [0.4, 0.5) is 5.69 Å². The Morgan fingerprint density at radius 3 is 2.52 bits per heavy atom. The van der Waals surface area contributed by atoms with Crippen LogP contribution in [-0.2, 0) is 9.59 Å². The van der Waals surface area contributed by atoms with E-state index in [0.717, 1.165) is 4.47 Å². The van der Waals surface area contributed by atoms with Gasteiger partial charge in [-0.25, -0.2) is 0 Å². The summed E-state index contributed by atoms with van der Waals surface area (Å²) in [6, 6.07) is 11.3. The second-order valence-electron chi connectivity index (χ2n) is 5.14. The van der Waals surface area contributed by atoms with Gasteiger partial charge in [0.25, 0.3) is 11.8 Å². The van der Waals surface area contributed by atoms with E-state index >= 15 is 0 Å². The van der Waals surface area contributed by atoms with E-state index in [1.54, 1.807) is 24.3 Å². The molecule has 1 aliphatic heterocycles. The molecule has 1 fully saturated rings. The Bertz CT molecular complexity index is 928. The Balaban J connectivity index is 2.05. The highest BCUT2D eigenvalue weighted by atomic mass is 79.9. The monoisotopic (exact) mass is 436 g/mol. The maximum atomic E-state index is 12.8. The second-order valence-corrected chi connectivity index (χ2v) is 6.88. The number of nitrogens with zero attached hydrogens (tertiary/aromatic N) is 1. The van der Waals surface area contributed by atoms with E-state index in [1.807, 2.05) is 0 Å². The highest BCUT2D eigenvalue weighted by Gasteiger charge is 2.34. The first-order valence-electron chi connectivity index (χ1n) is 7.02. The number of carbonyl (C=O) groups is 2. The molecule has 0 unspecified atom stereocenters. The molecule has 1 aliphatic rings. The Hall–Kier alpha value is -2.22. The van der Waals surface area contributed by atoms with Crippen molar-refractivity contribution >= 4 is 68.4 Å². The predicted molar refractivity (Wildman–Crippen MR) is 103 cm³/mol. The molecule has 8 heteroatoms. The van der Waals surface area contributed by atoms with Gasteiger partial charge in [0.1, 0.15) is 11.3 Å². The lowest BCUT2D eigenvalue weighted by molar-refractivity contribution is -0.122. The first-order chi connectivity index (χ1) is 11.9. The number of phenolic OH excluding ortho intramolecular Hbond substituents is 1. The van der Waals surface area contributed by atoms with E-state index in [4.69, 9.17) is 23.8 Å². The van der Waals surface area contributed by atoms with Crippen molar-refractivity contribution in [3.8, 4) is 5.75 Å². The SMILES string of the molecule is O=C1NC(=S)N(c2ccc(Br)cc2)C(=O)/C1=C\c1cc(Cl)ccc1O. The Morgan fingerprint density at radius 1 is 1.16 bits per heavy atom. The van der Waals surface area contributed by atoms with Crippen LogP contribution in [0.1, 0.15) is 5.56 Å². The zero-order valence-electron chi connectivity index (χ0n) is 12.5. The molecule has 1 heterocycles. The number of thiocarbonyl (C=S) groups is 1. The third-order valence-electron chi connectivity index (χ3n) is 3.48. The zero-order valence-corrected chi connectivity index (χ0v) is 15.7. The van der Waals surface area contributed by atoms with Crippen LogP contribution in [0, 0.1) is 0 Å². The molecule has 1 saturated heterocycles. The maximum absolute atomic E-state index is 12.8. The molecule has 0 spiro atoms. The van der Waals surface area contributed by atoms with E-state index < -0.39 is 11.8 Å². The topological polar surface area (TPSA) is 69.6 Å². The average Bonchev–Trinajstić information content (AvgIpc) is 2.56. The summed E-state index contributed by atoms with van der Waals surface area (Å²) >= 11 is 14.4. The number of benzene rings is 2. The minimum atomic E-state index is -0.636. The third kappa shape index (κ3) is 3.58. The molecular weight excluding hydrogens is 428 g/mol. The van der Waals surface area contributed by atoms with E-state index in [0.29, 0.717) is 10.7 Å². The lowest BCUT2D eigenvalue weighted by Crippen LogP contribution is -2.54. The van der Waals surface area contributed by atoms with E-state index in [9.17, 15) is 14.7 Å². The summed E-state index contributed by atoms with van der Waals surface area (Å²) in [6.45, 7) is 0.